The minimum Gasteiger partial charge on any atom is -0.346 e. The quantitative estimate of drug-likeness (QED) is 0.459. The number of amides is 2. The third kappa shape index (κ3) is 5.46. The maximum atomic E-state index is 12.7. The molecular formula is C25H33N9O. The van der Waals surface area contributed by atoms with Crippen molar-refractivity contribution in [3.05, 3.63) is 31.0 Å². The van der Waals surface area contributed by atoms with Gasteiger partial charge in [-0.2, -0.15) is 10.4 Å². The second kappa shape index (κ2) is 10.4. The van der Waals surface area contributed by atoms with Crippen LogP contribution in [0.5, 0.6) is 0 Å². The lowest BCUT2D eigenvalue weighted by atomic mass is 10.1. The van der Waals surface area contributed by atoms with Crippen molar-refractivity contribution in [1.82, 2.24) is 39.8 Å². The molecule has 2 N–H and O–H groups in total. The third-order valence-corrected chi connectivity index (χ3v) is 7.28. The number of carbonyl (C=O) groups excluding carboxylic acids is 1. The molecule has 4 heterocycles. The molecule has 0 bridgehead atoms. The zero-order chi connectivity index (χ0) is 24.2. The first-order chi connectivity index (χ1) is 17.1. The van der Waals surface area contributed by atoms with Crippen molar-refractivity contribution in [3.63, 3.8) is 0 Å². The van der Waals surface area contributed by atoms with Crippen molar-refractivity contribution in [2.24, 2.45) is 5.92 Å². The highest BCUT2D eigenvalue weighted by atomic mass is 16.2. The minimum atomic E-state index is 0.0581. The molecule has 0 radical (unpaired) electrons. The van der Waals surface area contributed by atoms with E-state index in [2.05, 4.69) is 43.3 Å². The Morgan fingerprint density at radius 3 is 2.89 bits per heavy atom. The van der Waals surface area contributed by atoms with Gasteiger partial charge in [0.15, 0.2) is 0 Å². The fourth-order valence-electron chi connectivity index (χ4n) is 5.00. The average Bonchev–Trinajstić information content (AvgIpc) is 3.44. The fraction of sp³-hybridized carbons (Fsp3) is 0.560. The van der Waals surface area contributed by atoms with E-state index in [1.807, 2.05) is 34.2 Å². The van der Waals surface area contributed by atoms with Gasteiger partial charge >= 0.3 is 6.03 Å². The van der Waals surface area contributed by atoms with Crippen LogP contribution in [-0.2, 0) is 6.54 Å². The van der Waals surface area contributed by atoms with Gasteiger partial charge in [-0.25, -0.2) is 14.8 Å². The van der Waals surface area contributed by atoms with Crippen LogP contribution in [0, 0.1) is 17.2 Å². The number of unbranched alkanes of at least 4 members (excludes halogenated alkanes) is 1. The summed E-state index contributed by atoms with van der Waals surface area (Å²) >= 11 is 0. The number of urea groups is 1. The van der Waals surface area contributed by atoms with Gasteiger partial charge in [0.2, 0.25) is 0 Å². The summed E-state index contributed by atoms with van der Waals surface area (Å²) in [5.41, 5.74) is 2.63. The Bertz CT molecular complexity index is 1180. The van der Waals surface area contributed by atoms with Crippen molar-refractivity contribution in [3.8, 4) is 17.3 Å². The van der Waals surface area contributed by atoms with E-state index in [1.54, 1.807) is 6.33 Å². The Kier molecular flexibility index (Phi) is 6.95. The van der Waals surface area contributed by atoms with Gasteiger partial charge in [-0.15, -0.1) is 0 Å². The molecule has 3 aromatic heterocycles. The molecule has 5 rings (SSSR count). The molecule has 10 nitrogen and oxygen atoms in total. The first-order valence-electron chi connectivity index (χ1n) is 12.6. The Hall–Kier alpha value is -3.45. The molecule has 1 saturated carbocycles. The summed E-state index contributed by atoms with van der Waals surface area (Å²) in [7, 11) is 0. The highest BCUT2D eigenvalue weighted by Crippen LogP contribution is 2.32. The van der Waals surface area contributed by atoms with E-state index < -0.39 is 0 Å². The van der Waals surface area contributed by atoms with Crippen LogP contribution in [0.1, 0.15) is 39.0 Å². The van der Waals surface area contributed by atoms with Crippen molar-refractivity contribution in [2.75, 3.05) is 26.2 Å². The van der Waals surface area contributed by atoms with E-state index in [1.165, 1.54) is 12.8 Å². The van der Waals surface area contributed by atoms with Gasteiger partial charge in [0.05, 0.1) is 24.5 Å². The second-order valence-corrected chi connectivity index (χ2v) is 9.72. The number of hydrogen-bond donors (Lipinski definition) is 2. The molecule has 1 aliphatic carbocycles. The van der Waals surface area contributed by atoms with Gasteiger partial charge in [0, 0.05) is 68.0 Å². The second-order valence-electron chi connectivity index (χ2n) is 9.72. The predicted octanol–water partition coefficient (Wildman–Crippen LogP) is 3.01. The van der Waals surface area contributed by atoms with Crippen LogP contribution >= 0.6 is 0 Å². The van der Waals surface area contributed by atoms with Gasteiger partial charge in [-0.05, 0) is 44.6 Å². The lowest BCUT2D eigenvalue weighted by Crippen LogP contribution is -2.56. The number of rotatable bonds is 9. The molecule has 3 aromatic rings. The molecule has 10 heteroatoms. The summed E-state index contributed by atoms with van der Waals surface area (Å²) in [4.78, 5) is 28.9. The summed E-state index contributed by atoms with van der Waals surface area (Å²) < 4.78 is 1.98. The Morgan fingerprint density at radius 2 is 2.11 bits per heavy atom. The van der Waals surface area contributed by atoms with Crippen LogP contribution in [0.25, 0.3) is 22.3 Å². The summed E-state index contributed by atoms with van der Waals surface area (Å²) in [6.45, 7) is 5.93. The summed E-state index contributed by atoms with van der Waals surface area (Å²) in [5.74, 6) is 0.652. The molecule has 0 aromatic carbocycles. The van der Waals surface area contributed by atoms with E-state index >= 15 is 0 Å². The standard InChI is InChI=1S/C25H33N9O/c1-18(19-5-6-19)31-25(35)33-12-10-32(11-13-33)21(4-2-3-8-26)16-34-15-20(14-30-34)23-22-7-9-27-24(22)29-17-28-23/h7,9,14-15,17-19,21H,2-6,10-13,16H2,1H3,(H,31,35)(H,27,28,29)/t18-,21-/m0/s1. The molecule has 184 valence electrons. The number of hydrogen-bond acceptors (Lipinski definition) is 6. The van der Waals surface area contributed by atoms with Gasteiger partial charge in [-0.3, -0.25) is 9.58 Å². The van der Waals surface area contributed by atoms with Gasteiger partial charge in [0.1, 0.15) is 12.0 Å². The van der Waals surface area contributed by atoms with E-state index in [9.17, 15) is 4.79 Å². The van der Waals surface area contributed by atoms with Crippen molar-refractivity contribution in [2.45, 2.75) is 57.7 Å². The lowest BCUT2D eigenvalue weighted by Gasteiger charge is -2.39. The number of nitriles is 1. The topological polar surface area (TPSA) is 119 Å². The summed E-state index contributed by atoms with van der Waals surface area (Å²) in [5, 5.41) is 17.8. The normalized spacial score (nSPS) is 18.3. The Morgan fingerprint density at radius 1 is 1.29 bits per heavy atom. The van der Waals surface area contributed by atoms with Crippen LogP contribution in [0.3, 0.4) is 0 Å². The molecule has 1 aliphatic heterocycles. The molecule has 0 unspecified atom stereocenters. The van der Waals surface area contributed by atoms with E-state index in [0.717, 1.165) is 54.8 Å². The smallest absolute Gasteiger partial charge is 0.317 e. The number of fused-ring (bicyclic) bond motifs is 1. The Balaban J connectivity index is 1.22. The largest absolute Gasteiger partial charge is 0.346 e. The number of carbonyl (C=O) groups is 1. The van der Waals surface area contributed by atoms with Gasteiger partial charge < -0.3 is 15.2 Å². The first-order valence-corrected chi connectivity index (χ1v) is 12.6. The number of aromatic nitrogens is 5. The SMILES string of the molecule is C[C@H](NC(=O)N1CCN([C@@H](CCCC#N)Cn2cc(-c3ncnc4[nH]ccc34)cn2)CC1)C1CC1. The van der Waals surface area contributed by atoms with Crippen molar-refractivity contribution in [1.29, 1.82) is 5.26 Å². The number of aromatic amines is 1. The molecular weight excluding hydrogens is 442 g/mol. The predicted molar refractivity (Wildman–Crippen MR) is 132 cm³/mol. The summed E-state index contributed by atoms with van der Waals surface area (Å²) in [6.07, 6.45) is 12.1. The van der Waals surface area contributed by atoms with Crippen LogP contribution in [0.2, 0.25) is 0 Å². The molecule has 2 fully saturated rings. The molecule has 0 spiro atoms. The maximum absolute atomic E-state index is 12.7. The monoisotopic (exact) mass is 475 g/mol. The molecule has 1 saturated heterocycles. The first kappa shape index (κ1) is 23.3. The molecule has 2 amide bonds. The number of nitrogens with zero attached hydrogens (tertiary/aromatic N) is 7. The highest BCUT2D eigenvalue weighted by molar-refractivity contribution is 5.89. The lowest BCUT2D eigenvalue weighted by molar-refractivity contribution is 0.0925. The Labute approximate surface area is 205 Å². The van der Waals surface area contributed by atoms with Crippen LogP contribution in [0.15, 0.2) is 31.0 Å². The number of nitrogens with one attached hydrogen (secondary N) is 2. The number of piperazine rings is 1. The zero-order valence-corrected chi connectivity index (χ0v) is 20.2. The molecule has 2 atom stereocenters. The van der Waals surface area contributed by atoms with Crippen LogP contribution in [-0.4, -0.2) is 78.8 Å². The van der Waals surface area contributed by atoms with Gasteiger partial charge in [0.25, 0.3) is 0 Å². The van der Waals surface area contributed by atoms with E-state index in [4.69, 9.17) is 5.26 Å². The maximum Gasteiger partial charge on any atom is 0.317 e. The number of H-pyrrole nitrogens is 1. The molecule has 35 heavy (non-hydrogen) atoms. The van der Waals surface area contributed by atoms with Crippen LogP contribution < -0.4 is 5.32 Å². The molecule has 2 aliphatic rings. The van der Waals surface area contributed by atoms with E-state index in [0.29, 0.717) is 25.4 Å². The van der Waals surface area contributed by atoms with Crippen molar-refractivity contribution >= 4 is 17.1 Å². The minimum absolute atomic E-state index is 0.0581. The average molecular weight is 476 g/mol. The summed E-state index contributed by atoms with van der Waals surface area (Å²) in [6, 6.07) is 4.82. The zero-order valence-electron chi connectivity index (χ0n) is 20.2. The van der Waals surface area contributed by atoms with Gasteiger partial charge in [-0.1, -0.05) is 0 Å². The highest BCUT2D eigenvalue weighted by Gasteiger charge is 2.31. The fourth-order valence-corrected chi connectivity index (χ4v) is 5.00. The van der Waals surface area contributed by atoms with E-state index in [-0.39, 0.29) is 18.1 Å². The van der Waals surface area contributed by atoms with Crippen molar-refractivity contribution < 1.29 is 4.79 Å². The van der Waals surface area contributed by atoms with Crippen LogP contribution in [0.4, 0.5) is 4.79 Å². The third-order valence-electron chi connectivity index (χ3n) is 7.28.